The summed E-state index contributed by atoms with van der Waals surface area (Å²) in [5, 5.41) is 10.4. The van der Waals surface area contributed by atoms with E-state index < -0.39 is 5.97 Å². The van der Waals surface area contributed by atoms with Crippen LogP contribution >= 0.6 is 0 Å². The number of methoxy groups -OCH3 is 1. The van der Waals surface area contributed by atoms with Gasteiger partial charge in [-0.05, 0) is 29.7 Å². The summed E-state index contributed by atoms with van der Waals surface area (Å²) in [5.74, 6) is 4.34. The summed E-state index contributed by atoms with van der Waals surface area (Å²) in [7, 11) is 1.62. The van der Waals surface area contributed by atoms with Crippen molar-refractivity contribution in [2.45, 2.75) is 0 Å². The van der Waals surface area contributed by atoms with Gasteiger partial charge in [0, 0.05) is 16.9 Å². The van der Waals surface area contributed by atoms with Crippen LogP contribution in [0.15, 0.2) is 36.4 Å². The molecule has 0 heterocycles. The first kappa shape index (κ1) is 11.0. The highest BCUT2D eigenvalue weighted by atomic mass is 16.5. The van der Waals surface area contributed by atoms with Crippen LogP contribution in [0.2, 0.25) is 0 Å². The lowest BCUT2D eigenvalue weighted by Crippen LogP contribution is -1.88. The number of carboxylic acids is 1. The molecule has 0 fully saturated rings. The number of fused-ring (bicyclic) bond motifs is 1. The zero-order valence-electron chi connectivity index (χ0n) is 9.23. The Balaban J connectivity index is 2.53. The first-order valence-corrected chi connectivity index (χ1v) is 5.02. The molecule has 0 saturated heterocycles. The number of benzene rings is 2. The second-order valence-corrected chi connectivity index (χ2v) is 3.45. The molecule has 1 N–H and O–H groups in total. The maximum Gasteiger partial charge on any atom is 0.382 e. The molecule has 0 amide bonds. The Hall–Kier alpha value is -2.47. The first-order valence-electron chi connectivity index (χ1n) is 5.02. The van der Waals surface area contributed by atoms with E-state index in [9.17, 15) is 4.79 Å². The van der Waals surface area contributed by atoms with Crippen molar-refractivity contribution in [1.29, 1.82) is 0 Å². The molecule has 0 radical (unpaired) electrons. The monoisotopic (exact) mass is 226 g/mol. The Morgan fingerprint density at radius 2 is 2.12 bits per heavy atom. The molecule has 2 aromatic rings. The fraction of sp³-hybridized carbons (Fsp3) is 0.0714. The van der Waals surface area contributed by atoms with E-state index in [4.69, 9.17) is 9.84 Å². The van der Waals surface area contributed by atoms with E-state index in [1.54, 1.807) is 13.2 Å². The van der Waals surface area contributed by atoms with Gasteiger partial charge in [-0.2, -0.15) is 0 Å². The molecule has 0 aromatic heterocycles. The van der Waals surface area contributed by atoms with E-state index in [-0.39, 0.29) is 0 Å². The van der Waals surface area contributed by atoms with Crippen LogP contribution in [0.1, 0.15) is 5.56 Å². The highest BCUT2D eigenvalue weighted by molar-refractivity contribution is 5.90. The lowest BCUT2D eigenvalue weighted by molar-refractivity contribution is -0.130. The molecular formula is C14H10O3. The predicted molar refractivity (Wildman–Crippen MR) is 65.0 cm³/mol. The summed E-state index contributed by atoms with van der Waals surface area (Å²) in [6.45, 7) is 0. The maximum atomic E-state index is 10.3. The van der Waals surface area contributed by atoms with Gasteiger partial charge in [-0.1, -0.05) is 18.1 Å². The Labute approximate surface area is 98.6 Å². The minimum atomic E-state index is -1.13. The lowest BCUT2D eigenvalue weighted by Gasteiger charge is -2.04. The van der Waals surface area contributed by atoms with E-state index >= 15 is 0 Å². The Bertz CT molecular complexity index is 633. The molecule has 0 aliphatic carbocycles. The van der Waals surface area contributed by atoms with Crippen molar-refractivity contribution in [3.05, 3.63) is 42.0 Å². The molecule has 0 atom stereocenters. The second-order valence-electron chi connectivity index (χ2n) is 3.45. The van der Waals surface area contributed by atoms with Gasteiger partial charge in [0.1, 0.15) is 5.75 Å². The molecule has 0 saturated carbocycles. The number of hydrogen-bond donors (Lipinski definition) is 1. The summed E-state index contributed by atoms with van der Waals surface area (Å²) in [6, 6.07) is 11.2. The van der Waals surface area contributed by atoms with E-state index in [0.717, 1.165) is 16.5 Å². The van der Waals surface area contributed by atoms with Gasteiger partial charge in [0.2, 0.25) is 0 Å². The molecule has 0 unspecified atom stereocenters. The summed E-state index contributed by atoms with van der Waals surface area (Å²) in [5.41, 5.74) is 0.674. The number of carbonyl (C=O) groups is 1. The SMILES string of the molecule is COc1cccc2cc(C#CC(=O)O)ccc12. The van der Waals surface area contributed by atoms with Gasteiger partial charge in [0.25, 0.3) is 0 Å². The lowest BCUT2D eigenvalue weighted by atomic mass is 10.1. The number of carboxylic acid groups (broad SMARTS) is 1. The molecule has 0 spiro atoms. The molecule has 0 bridgehead atoms. The molecule has 17 heavy (non-hydrogen) atoms. The third-order valence-corrected chi connectivity index (χ3v) is 2.37. The summed E-state index contributed by atoms with van der Waals surface area (Å²) in [6.07, 6.45) is 0. The van der Waals surface area contributed by atoms with Crippen molar-refractivity contribution in [3.8, 4) is 17.6 Å². The number of rotatable bonds is 1. The third-order valence-electron chi connectivity index (χ3n) is 2.37. The van der Waals surface area contributed by atoms with Gasteiger partial charge < -0.3 is 9.84 Å². The van der Waals surface area contributed by atoms with Crippen molar-refractivity contribution < 1.29 is 14.6 Å². The van der Waals surface area contributed by atoms with Crippen molar-refractivity contribution in [2.24, 2.45) is 0 Å². The van der Waals surface area contributed by atoms with Crippen molar-refractivity contribution >= 4 is 16.7 Å². The quantitative estimate of drug-likeness (QED) is 0.759. The summed E-state index contributed by atoms with van der Waals surface area (Å²) in [4.78, 5) is 10.3. The molecule has 2 rings (SSSR count). The van der Waals surface area contributed by atoms with E-state index in [1.807, 2.05) is 30.3 Å². The van der Waals surface area contributed by atoms with Gasteiger partial charge in [-0.25, -0.2) is 4.79 Å². The molecular weight excluding hydrogens is 216 g/mol. The Kier molecular flexibility index (Phi) is 2.97. The second kappa shape index (κ2) is 4.58. The van der Waals surface area contributed by atoms with Crippen molar-refractivity contribution in [1.82, 2.24) is 0 Å². The highest BCUT2D eigenvalue weighted by Crippen LogP contribution is 2.25. The van der Waals surface area contributed by atoms with Crippen LogP contribution in [0.25, 0.3) is 10.8 Å². The first-order chi connectivity index (χ1) is 8.20. The summed E-state index contributed by atoms with van der Waals surface area (Å²) < 4.78 is 5.24. The Morgan fingerprint density at radius 3 is 2.82 bits per heavy atom. The maximum absolute atomic E-state index is 10.3. The summed E-state index contributed by atoms with van der Waals surface area (Å²) >= 11 is 0. The Morgan fingerprint density at radius 1 is 1.29 bits per heavy atom. The van der Waals surface area contributed by atoms with E-state index in [0.29, 0.717) is 5.56 Å². The predicted octanol–water partition coefficient (Wildman–Crippen LogP) is 2.28. The molecule has 2 aromatic carbocycles. The molecule has 84 valence electrons. The van der Waals surface area contributed by atoms with E-state index in [1.165, 1.54) is 0 Å². The largest absolute Gasteiger partial charge is 0.496 e. The zero-order valence-corrected chi connectivity index (χ0v) is 9.23. The third kappa shape index (κ3) is 2.37. The van der Waals surface area contributed by atoms with Crippen LogP contribution in [-0.4, -0.2) is 18.2 Å². The van der Waals surface area contributed by atoms with Crippen LogP contribution in [0.5, 0.6) is 5.75 Å². The van der Waals surface area contributed by atoms with E-state index in [2.05, 4.69) is 11.8 Å². The fourth-order valence-corrected chi connectivity index (χ4v) is 1.64. The zero-order chi connectivity index (χ0) is 12.3. The molecule has 3 heteroatoms. The minimum Gasteiger partial charge on any atom is -0.496 e. The van der Waals surface area contributed by atoms with Gasteiger partial charge in [0.05, 0.1) is 7.11 Å². The van der Waals surface area contributed by atoms with Crippen LogP contribution in [0.3, 0.4) is 0 Å². The van der Waals surface area contributed by atoms with Crippen LogP contribution in [-0.2, 0) is 4.79 Å². The standard InChI is InChI=1S/C14H10O3/c1-17-13-4-2-3-11-9-10(5-7-12(11)13)6-8-14(15)16/h2-5,7,9H,1H3,(H,15,16). The molecule has 3 nitrogen and oxygen atoms in total. The van der Waals surface area contributed by atoms with Gasteiger partial charge in [0.15, 0.2) is 0 Å². The van der Waals surface area contributed by atoms with Crippen LogP contribution in [0, 0.1) is 11.8 Å². The van der Waals surface area contributed by atoms with Crippen LogP contribution < -0.4 is 4.74 Å². The number of ether oxygens (including phenoxy) is 1. The minimum absolute atomic E-state index is 0.674. The molecule has 0 aliphatic rings. The highest BCUT2D eigenvalue weighted by Gasteiger charge is 2.00. The number of hydrogen-bond acceptors (Lipinski definition) is 2. The van der Waals surface area contributed by atoms with Crippen molar-refractivity contribution in [2.75, 3.05) is 7.11 Å². The van der Waals surface area contributed by atoms with Gasteiger partial charge in [-0.15, -0.1) is 0 Å². The fourth-order valence-electron chi connectivity index (χ4n) is 1.64. The normalized spacial score (nSPS) is 9.47. The van der Waals surface area contributed by atoms with Gasteiger partial charge >= 0.3 is 5.97 Å². The molecule has 0 aliphatic heterocycles. The average Bonchev–Trinajstić information content (AvgIpc) is 2.35. The van der Waals surface area contributed by atoms with Crippen LogP contribution in [0.4, 0.5) is 0 Å². The average molecular weight is 226 g/mol. The van der Waals surface area contributed by atoms with Crippen molar-refractivity contribution in [3.63, 3.8) is 0 Å². The number of aliphatic carboxylic acids is 1. The topological polar surface area (TPSA) is 46.5 Å². The van der Waals surface area contributed by atoms with Gasteiger partial charge in [-0.3, -0.25) is 0 Å². The smallest absolute Gasteiger partial charge is 0.382 e.